The lowest BCUT2D eigenvalue weighted by Crippen LogP contribution is -2.34. The fraction of sp³-hybridized carbons (Fsp3) is 0.174. The molecule has 1 aromatic heterocycles. The van der Waals surface area contributed by atoms with Crippen LogP contribution in [0.2, 0.25) is 0 Å². The molecule has 4 rings (SSSR count). The third-order valence-electron chi connectivity index (χ3n) is 5.21. The third kappa shape index (κ3) is 4.83. The molecule has 1 saturated heterocycles. The number of rotatable bonds is 7. The summed E-state index contributed by atoms with van der Waals surface area (Å²) in [6.45, 7) is -0.424. The fourth-order valence-electron chi connectivity index (χ4n) is 3.59. The monoisotopic (exact) mass is 505 g/mol. The summed E-state index contributed by atoms with van der Waals surface area (Å²) in [5.41, 5.74) is 0.363. The van der Waals surface area contributed by atoms with Crippen molar-refractivity contribution in [3.8, 4) is 5.75 Å². The molecule has 1 aliphatic rings. The van der Waals surface area contributed by atoms with Crippen LogP contribution in [0, 0.1) is 17.5 Å². The first-order valence-corrected chi connectivity index (χ1v) is 12.1. The van der Waals surface area contributed by atoms with Crippen molar-refractivity contribution in [3.05, 3.63) is 83.4 Å². The van der Waals surface area contributed by atoms with Crippen molar-refractivity contribution >= 4 is 27.5 Å². The van der Waals surface area contributed by atoms with Crippen LogP contribution in [0.25, 0.3) is 0 Å². The Kier molecular flexibility index (Phi) is 6.48. The van der Waals surface area contributed by atoms with Crippen LogP contribution in [0.3, 0.4) is 0 Å². The van der Waals surface area contributed by atoms with Crippen LogP contribution in [0.15, 0.2) is 59.8 Å². The number of ether oxygens (including phenoxy) is 1. The molecule has 2 aromatic carbocycles. The number of urea groups is 1. The van der Waals surface area contributed by atoms with Gasteiger partial charge in [0.05, 0.1) is 18.4 Å². The van der Waals surface area contributed by atoms with Gasteiger partial charge in [0.2, 0.25) is 0 Å². The van der Waals surface area contributed by atoms with E-state index in [0.717, 1.165) is 10.5 Å². The zero-order valence-electron chi connectivity index (χ0n) is 18.2. The molecule has 0 saturated carbocycles. The van der Waals surface area contributed by atoms with E-state index in [2.05, 4.69) is 4.98 Å². The summed E-state index contributed by atoms with van der Waals surface area (Å²) in [7, 11) is -4.44. The Morgan fingerprint density at radius 2 is 1.77 bits per heavy atom. The zero-order valence-corrected chi connectivity index (χ0v) is 19.1. The zero-order chi connectivity index (χ0) is 25.3. The first kappa shape index (κ1) is 24.2. The summed E-state index contributed by atoms with van der Waals surface area (Å²) in [6, 6.07) is 10.1. The maximum Gasteiger partial charge on any atom is 0.332 e. The van der Waals surface area contributed by atoms with Gasteiger partial charge in [-0.15, -0.1) is 0 Å². The van der Waals surface area contributed by atoms with Gasteiger partial charge in [-0.2, -0.15) is 0 Å². The molecule has 2 heterocycles. The van der Waals surface area contributed by atoms with Gasteiger partial charge in [0.1, 0.15) is 29.6 Å². The summed E-state index contributed by atoms with van der Waals surface area (Å²) in [4.78, 5) is 29.3. The molecular weight excluding hydrogens is 487 g/mol. The van der Waals surface area contributed by atoms with Crippen molar-refractivity contribution in [2.75, 3.05) is 17.7 Å². The van der Waals surface area contributed by atoms with E-state index in [0.29, 0.717) is 23.6 Å². The molecule has 0 radical (unpaired) electrons. The Morgan fingerprint density at radius 1 is 1.06 bits per heavy atom. The quantitative estimate of drug-likeness (QED) is 0.361. The normalized spacial score (nSPS) is 14.1. The van der Waals surface area contributed by atoms with Gasteiger partial charge in [-0.3, -0.25) is 9.78 Å². The van der Waals surface area contributed by atoms with E-state index in [1.165, 1.54) is 12.4 Å². The minimum atomic E-state index is -4.44. The highest BCUT2D eigenvalue weighted by molar-refractivity contribution is 7.90. The van der Waals surface area contributed by atoms with Gasteiger partial charge >= 0.3 is 6.03 Å². The molecule has 35 heavy (non-hydrogen) atoms. The van der Waals surface area contributed by atoms with Crippen LogP contribution in [0.4, 0.5) is 23.7 Å². The summed E-state index contributed by atoms with van der Waals surface area (Å²) in [6.07, 6.45) is 3.40. The van der Waals surface area contributed by atoms with Crippen LogP contribution in [-0.2, 0) is 27.8 Å². The largest absolute Gasteiger partial charge is 0.487 e. The van der Waals surface area contributed by atoms with Gasteiger partial charge in [0.25, 0.3) is 5.91 Å². The molecule has 0 spiro atoms. The predicted molar refractivity (Wildman–Crippen MR) is 118 cm³/mol. The minimum absolute atomic E-state index is 0.137. The van der Waals surface area contributed by atoms with E-state index in [1.807, 2.05) is 30.3 Å². The molecule has 1 aliphatic heterocycles. The van der Waals surface area contributed by atoms with Crippen molar-refractivity contribution in [3.63, 3.8) is 0 Å². The van der Waals surface area contributed by atoms with Crippen LogP contribution >= 0.6 is 0 Å². The SMILES string of the molecule is CS(=O)(=O)c1c(F)cc(N2C(=O)CN(Cc3ccncc3OCc3ccccc3)C2=O)c(F)c1F. The number of hydrogen-bond donors (Lipinski definition) is 0. The number of hydrogen-bond acceptors (Lipinski definition) is 6. The number of carbonyl (C=O) groups excluding carboxylic acids is 2. The Labute approximate surface area is 198 Å². The fourth-order valence-corrected chi connectivity index (χ4v) is 4.42. The predicted octanol–water partition coefficient (Wildman–Crippen LogP) is 3.45. The summed E-state index contributed by atoms with van der Waals surface area (Å²) >= 11 is 0. The molecule has 12 heteroatoms. The second-order valence-electron chi connectivity index (χ2n) is 7.73. The number of carbonyl (C=O) groups is 2. The molecule has 8 nitrogen and oxygen atoms in total. The Hall–Kier alpha value is -3.93. The Balaban J connectivity index is 1.58. The van der Waals surface area contributed by atoms with Crippen LogP contribution in [-0.4, -0.2) is 43.0 Å². The van der Waals surface area contributed by atoms with Crippen LogP contribution < -0.4 is 9.64 Å². The Bertz CT molecular complexity index is 1420. The smallest absolute Gasteiger partial charge is 0.332 e. The van der Waals surface area contributed by atoms with E-state index in [9.17, 15) is 31.2 Å². The first-order chi connectivity index (χ1) is 16.6. The molecule has 0 unspecified atom stereocenters. The highest BCUT2D eigenvalue weighted by atomic mass is 32.2. The third-order valence-corrected chi connectivity index (χ3v) is 6.33. The summed E-state index contributed by atoms with van der Waals surface area (Å²) in [5.74, 6) is -6.05. The number of nitrogens with zero attached hydrogens (tertiary/aromatic N) is 3. The molecule has 0 N–H and O–H groups in total. The number of imide groups is 1. The minimum Gasteiger partial charge on any atom is -0.487 e. The number of halogens is 3. The molecule has 0 aliphatic carbocycles. The molecule has 0 bridgehead atoms. The summed E-state index contributed by atoms with van der Waals surface area (Å²) in [5, 5.41) is 0. The second kappa shape index (κ2) is 9.37. The van der Waals surface area contributed by atoms with Gasteiger partial charge in [-0.05, 0) is 11.6 Å². The standard InChI is InChI=1S/C23H18F3N3O5S/c1-35(32,33)22-16(24)9-17(20(25)21(22)26)29-19(30)12-28(23(29)31)11-15-7-8-27-10-18(15)34-13-14-5-3-2-4-6-14/h2-10H,11-13H2,1H3. The molecular formula is C23H18F3N3O5S. The van der Waals surface area contributed by atoms with Crippen molar-refractivity contribution < 1.29 is 35.9 Å². The molecule has 3 aromatic rings. The maximum absolute atomic E-state index is 14.7. The lowest BCUT2D eigenvalue weighted by atomic mass is 10.2. The van der Waals surface area contributed by atoms with E-state index >= 15 is 0 Å². The van der Waals surface area contributed by atoms with Crippen molar-refractivity contribution in [2.24, 2.45) is 0 Å². The topological polar surface area (TPSA) is 96.9 Å². The molecule has 3 amide bonds. The number of anilines is 1. The van der Waals surface area contributed by atoms with E-state index in [1.54, 1.807) is 6.07 Å². The number of aromatic nitrogens is 1. The van der Waals surface area contributed by atoms with Crippen molar-refractivity contribution in [1.82, 2.24) is 9.88 Å². The number of benzene rings is 2. The van der Waals surface area contributed by atoms with Crippen LogP contribution in [0.1, 0.15) is 11.1 Å². The molecule has 1 fully saturated rings. The molecule has 182 valence electrons. The average Bonchev–Trinajstić information content (AvgIpc) is 3.08. The molecule has 0 atom stereocenters. The lowest BCUT2D eigenvalue weighted by molar-refractivity contribution is -0.116. The number of pyridine rings is 1. The van der Waals surface area contributed by atoms with Crippen molar-refractivity contribution in [1.29, 1.82) is 0 Å². The van der Waals surface area contributed by atoms with E-state index in [4.69, 9.17) is 4.74 Å². The average molecular weight is 505 g/mol. The summed E-state index contributed by atoms with van der Waals surface area (Å²) < 4.78 is 72.4. The van der Waals surface area contributed by atoms with Crippen LogP contribution in [0.5, 0.6) is 5.75 Å². The lowest BCUT2D eigenvalue weighted by Gasteiger charge is -2.19. The second-order valence-corrected chi connectivity index (χ2v) is 9.68. The van der Waals surface area contributed by atoms with Gasteiger partial charge < -0.3 is 9.64 Å². The number of sulfone groups is 1. The van der Waals surface area contributed by atoms with E-state index in [-0.39, 0.29) is 18.1 Å². The highest BCUT2D eigenvalue weighted by Gasteiger charge is 2.41. The Morgan fingerprint density at radius 3 is 2.46 bits per heavy atom. The maximum atomic E-state index is 14.7. The first-order valence-electron chi connectivity index (χ1n) is 10.2. The van der Waals surface area contributed by atoms with Gasteiger partial charge in [0, 0.05) is 24.1 Å². The highest BCUT2D eigenvalue weighted by Crippen LogP contribution is 2.33. The van der Waals surface area contributed by atoms with E-state index < -0.39 is 56.4 Å². The van der Waals surface area contributed by atoms with Gasteiger partial charge in [-0.1, -0.05) is 30.3 Å². The number of amides is 3. The van der Waals surface area contributed by atoms with Gasteiger partial charge in [0.15, 0.2) is 21.5 Å². The van der Waals surface area contributed by atoms with Crippen molar-refractivity contribution in [2.45, 2.75) is 18.0 Å². The van der Waals surface area contributed by atoms with Gasteiger partial charge in [-0.25, -0.2) is 31.3 Å².